The van der Waals surface area contributed by atoms with Crippen LogP contribution in [0.1, 0.15) is 45.1 Å². The molecule has 5 nitrogen and oxygen atoms in total. The number of para-hydroxylation sites is 1. The van der Waals surface area contributed by atoms with Gasteiger partial charge in [-0.2, -0.15) is 0 Å². The molecule has 2 aliphatic rings. The molecule has 2 aromatic rings. The molecule has 6 heteroatoms. The van der Waals surface area contributed by atoms with Crippen LogP contribution in [0.15, 0.2) is 70.9 Å². The largest absolute Gasteiger partial charge is 0.490 e. The number of allylic oxidation sites excluding steroid dienone is 2. The second kappa shape index (κ2) is 9.52. The van der Waals surface area contributed by atoms with Crippen LogP contribution in [0.3, 0.4) is 0 Å². The van der Waals surface area contributed by atoms with E-state index in [0.29, 0.717) is 34.9 Å². The summed E-state index contributed by atoms with van der Waals surface area (Å²) in [6.07, 6.45) is 1.09. The Morgan fingerprint density at radius 3 is 2.48 bits per heavy atom. The molecular weight excluding hydrogens is 438 g/mol. The van der Waals surface area contributed by atoms with Gasteiger partial charge in [0.25, 0.3) is 0 Å². The lowest BCUT2D eigenvalue weighted by molar-refractivity contribution is -0.147. The lowest BCUT2D eigenvalue weighted by atomic mass is 9.67. The monoisotopic (exact) mass is 465 g/mol. The molecule has 0 saturated heterocycles. The van der Waals surface area contributed by atoms with Gasteiger partial charge in [0.05, 0.1) is 0 Å². The number of hydrogen-bond acceptors (Lipinski definition) is 5. The van der Waals surface area contributed by atoms with Gasteiger partial charge in [-0.05, 0) is 42.5 Å². The molecule has 0 aromatic heterocycles. The number of esters is 1. The number of ketones is 1. The molecule has 33 heavy (non-hydrogen) atoms. The fraction of sp³-hybridized carbons (Fsp3) is 0.370. The summed E-state index contributed by atoms with van der Waals surface area (Å²) in [6, 6.07) is 16.7. The number of aliphatic imine (C=N–C) groups is 1. The van der Waals surface area contributed by atoms with Gasteiger partial charge in [0.2, 0.25) is 0 Å². The van der Waals surface area contributed by atoms with Crippen LogP contribution in [0.5, 0.6) is 5.75 Å². The molecule has 0 spiro atoms. The maximum absolute atomic E-state index is 13.3. The van der Waals surface area contributed by atoms with Crippen LogP contribution in [-0.2, 0) is 14.3 Å². The summed E-state index contributed by atoms with van der Waals surface area (Å²) in [7, 11) is 0. The van der Waals surface area contributed by atoms with E-state index in [0.717, 1.165) is 11.3 Å². The van der Waals surface area contributed by atoms with Gasteiger partial charge >= 0.3 is 5.97 Å². The molecule has 0 N–H and O–H groups in total. The van der Waals surface area contributed by atoms with E-state index in [9.17, 15) is 9.59 Å². The third-order valence-corrected chi connectivity index (χ3v) is 6.48. The first kappa shape index (κ1) is 23.2. The molecule has 1 aliphatic heterocycles. The number of carbonyl (C=O) groups is 2. The zero-order chi connectivity index (χ0) is 23.6. The predicted molar refractivity (Wildman–Crippen MR) is 129 cm³/mol. The minimum absolute atomic E-state index is 0.0210. The summed E-state index contributed by atoms with van der Waals surface area (Å²) in [5, 5.41) is 0.520. The maximum Gasteiger partial charge on any atom is 0.315 e. The SMILES string of the molecule is CC1=NC2=C(C(=O)CC(C)(C)C2)[C@H](c2ccccc2Cl)C1C(=O)OCCOc1ccccc1. The average Bonchev–Trinajstić information content (AvgIpc) is 2.76. The molecule has 172 valence electrons. The average molecular weight is 466 g/mol. The van der Waals surface area contributed by atoms with Crippen molar-refractivity contribution >= 4 is 29.1 Å². The van der Waals surface area contributed by atoms with Crippen molar-refractivity contribution in [2.75, 3.05) is 13.2 Å². The minimum atomic E-state index is -0.717. The Kier molecular flexibility index (Phi) is 6.71. The van der Waals surface area contributed by atoms with E-state index >= 15 is 0 Å². The number of rotatable bonds is 6. The number of Topliss-reactive ketones (excluding diaryl/α,β-unsaturated/α-hetero) is 1. The normalized spacial score (nSPS) is 21.8. The molecule has 0 amide bonds. The van der Waals surface area contributed by atoms with Gasteiger partial charge in [-0.1, -0.05) is 61.8 Å². The Bertz CT molecular complexity index is 1120. The van der Waals surface area contributed by atoms with Crippen LogP contribution in [0.2, 0.25) is 5.02 Å². The highest BCUT2D eigenvalue weighted by molar-refractivity contribution is 6.31. The Morgan fingerprint density at radius 1 is 1.06 bits per heavy atom. The van der Waals surface area contributed by atoms with Crippen molar-refractivity contribution in [1.82, 2.24) is 0 Å². The number of ether oxygens (including phenoxy) is 2. The van der Waals surface area contributed by atoms with E-state index in [-0.39, 0.29) is 24.4 Å². The van der Waals surface area contributed by atoms with Crippen molar-refractivity contribution in [1.29, 1.82) is 0 Å². The van der Waals surface area contributed by atoms with Crippen molar-refractivity contribution in [2.45, 2.75) is 39.5 Å². The van der Waals surface area contributed by atoms with Crippen molar-refractivity contribution in [3.8, 4) is 5.75 Å². The van der Waals surface area contributed by atoms with Gasteiger partial charge in [0, 0.05) is 34.3 Å². The Labute approximate surface area is 199 Å². The molecular formula is C27H28ClNO4. The maximum atomic E-state index is 13.3. The van der Waals surface area contributed by atoms with Crippen LogP contribution in [-0.4, -0.2) is 30.7 Å². The molecule has 2 aromatic carbocycles. The second-order valence-electron chi connectivity index (χ2n) is 9.36. The molecule has 0 saturated carbocycles. The summed E-state index contributed by atoms with van der Waals surface area (Å²) in [5.74, 6) is -0.930. The summed E-state index contributed by atoms with van der Waals surface area (Å²) >= 11 is 6.56. The van der Waals surface area contributed by atoms with E-state index in [1.165, 1.54) is 0 Å². The number of benzene rings is 2. The van der Waals surface area contributed by atoms with Gasteiger partial charge in [-0.15, -0.1) is 0 Å². The fourth-order valence-electron chi connectivity index (χ4n) is 4.72. The molecule has 1 heterocycles. The quantitative estimate of drug-likeness (QED) is 0.400. The zero-order valence-corrected chi connectivity index (χ0v) is 19.9. The van der Waals surface area contributed by atoms with E-state index in [1.54, 1.807) is 6.07 Å². The lowest BCUT2D eigenvalue weighted by Gasteiger charge is -2.39. The molecule has 4 rings (SSSR count). The summed E-state index contributed by atoms with van der Waals surface area (Å²) in [4.78, 5) is 31.3. The first-order valence-corrected chi connectivity index (χ1v) is 11.5. The molecule has 0 bridgehead atoms. The smallest absolute Gasteiger partial charge is 0.315 e. The number of carbonyl (C=O) groups excluding carboxylic acids is 2. The van der Waals surface area contributed by atoms with Crippen molar-refractivity contribution in [3.63, 3.8) is 0 Å². The van der Waals surface area contributed by atoms with E-state index < -0.39 is 17.8 Å². The minimum Gasteiger partial charge on any atom is -0.490 e. The zero-order valence-electron chi connectivity index (χ0n) is 19.1. The molecule has 0 radical (unpaired) electrons. The van der Waals surface area contributed by atoms with Crippen LogP contribution < -0.4 is 4.74 Å². The first-order chi connectivity index (χ1) is 15.8. The lowest BCUT2D eigenvalue weighted by Crippen LogP contribution is -2.40. The van der Waals surface area contributed by atoms with E-state index in [2.05, 4.69) is 13.8 Å². The van der Waals surface area contributed by atoms with Gasteiger partial charge in [-0.3, -0.25) is 14.6 Å². The number of nitrogens with zero attached hydrogens (tertiary/aromatic N) is 1. The third kappa shape index (κ3) is 5.03. The fourth-order valence-corrected chi connectivity index (χ4v) is 4.98. The Balaban J connectivity index is 1.60. The number of hydrogen-bond donors (Lipinski definition) is 0. The van der Waals surface area contributed by atoms with E-state index in [4.69, 9.17) is 26.1 Å². The second-order valence-corrected chi connectivity index (χ2v) is 9.77. The summed E-state index contributed by atoms with van der Waals surface area (Å²) < 4.78 is 11.2. The Hall–Kier alpha value is -2.92. The van der Waals surface area contributed by atoms with Crippen molar-refractivity contribution in [3.05, 3.63) is 76.5 Å². The van der Waals surface area contributed by atoms with Crippen LogP contribution in [0.4, 0.5) is 0 Å². The molecule has 1 aliphatic carbocycles. The standard InChI is InChI=1S/C27H28ClNO4/c1-17-23(26(31)33-14-13-32-18-9-5-4-6-10-18)24(19-11-7-8-12-20(19)28)25-21(29-17)15-27(2,3)16-22(25)30/h4-12,23-24H,13-16H2,1-3H3/t23?,24-/m1/s1. The highest BCUT2D eigenvalue weighted by Crippen LogP contribution is 2.49. The molecule has 2 atom stereocenters. The van der Waals surface area contributed by atoms with Gasteiger partial charge in [-0.25, -0.2) is 0 Å². The third-order valence-electron chi connectivity index (χ3n) is 6.14. The van der Waals surface area contributed by atoms with Crippen LogP contribution in [0.25, 0.3) is 0 Å². The van der Waals surface area contributed by atoms with Crippen LogP contribution in [0, 0.1) is 11.3 Å². The van der Waals surface area contributed by atoms with Gasteiger partial charge < -0.3 is 9.47 Å². The highest BCUT2D eigenvalue weighted by Gasteiger charge is 2.46. The van der Waals surface area contributed by atoms with Crippen molar-refractivity contribution in [2.24, 2.45) is 16.3 Å². The summed E-state index contributed by atoms with van der Waals surface area (Å²) in [6.45, 7) is 6.29. The highest BCUT2D eigenvalue weighted by atomic mass is 35.5. The van der Waals surface area contributed by atoms with Gasteiger partial charge in [0.1, 0.15) is 24.9 Å². The number of halogens is 1. The van der Waals surface area contributed by atoms with E-state index in [1.807, 2.05) is 55.5 Å². The van der Waals surface area contributed by atoms with Crippen molar-refractivity contribution < 1.29 is 19.1 Å². The summed E-state index contributed by atoms with van der Waals surface area (Å²) in [5.41, 5.74) is 2.56. The topological polar surface area (TPSA) is 65.0 Å². The van der Waals surface area contributed by atoms with Gasteiger partial charge in [0.15, 0.2) is 5.78 Å². The first-order valence-electron chi connectivity index (χ1n) is 11.2. The Morgan fingerprint density at radius 2 is 1.76 bits per heavy atom. The van der Waals surface area contributed by atoms with Crippen LogP contribution >= 0.6 is 11.6 Å². The predicted octanol–water partition coefficient (Wildman–Crippen LogP) is 5.78. The molecule has 1 unspecified atom stereocenters. The molecule has 0 fully saturated rings.